The van der Waals surface area contributed by atoms with E-state index in [1.54, 1.807) is 14.2 Å². The van der Waals surface area contributed by atoms with E-state index in [1.807, 2.05) is 50.2 Å². The maximum atomic E-state index is 10.6. The number of rotatable bonds is 5. The van der Waals surface area contributed by atoms with Crippen molar-refractivity contribution in [2.24, 2.45) is 0 Å². The molecular formula is C18H22O3. The fourth-order valence-electron chi connectivity index (χ4n) is 2.48. The van der Waals surface area contributed by atoms with E-state index in [2.05, 4.69) is 0 Å². The van der Waals surface area contributed by atoms with Gasteiger partial charge in [0.1, 0.15) is 11.5 Å². The van der Waals surface area contributed by atoms with Crippen LogP contribution < -0.4 is 9.47 Å². The van der Waals surface area contributed by atoms with Gasteiger partial charge >= 0.3 is 0 Å². The number of ether oxygens (including phenoxy) is 2. The van der Waals surface area contributed by atoms with Crippen LogP contribution in [0.1, 0.15) is 28.4 Å². The average Bonchev–Trinajstić information content (AvgIpc) is 2.47. The zero-order chi connectivity index (χ0) is 15.4. The largest absolute Gasteiger partial charge is 0.496 e. The molecule has 2 aromatic rings. The summed E-state index contributed by atoms with van der Waals surface area (Å²) < 4.78 is 10.7. The standard InChI is InChI=1S/C18H22O3/c1-12-6-8-17(20-3)14(9-12)11-16(19)15-7-5-13(2)10-18(15)21-4/h5-10,16,19H,11H2,1-4H3. The quantitative estimate of drug-likeness (QED) is 0.912. The molecule has 0 fully saturated rings. The normalized spacial score (nSPS) is 12.0. The van der Waals surface area contributed by atoms with Gasteiger partial charge in [-0.1, -0.05) is 29.8 Å². The van der Waals surface area contributed by atoms with Crippen LogP contribution in [0, 0.1) is 13.8 Å². The summed E-state index contributed by atoms with van der Waals surface area (Å²) in [6, 6.07) is 11.8. The van der Waals surface area contributed by atoms with Gasteiger partial charge in [0.2, 0.25) is 0 Å². The summed E-state index contributed by atoms with van der Waals surface area (Å²) in [6.07, 6.45) is -0.138. The molecule has 0 radical (unpaired) electrons. The van der Waals surface area contributed by atoms with E-state index in [-0.39, 0.29) is 0 Å². The Morgan fingerprint density at radius 1 is 0.905 bits per heavy atom. The molecule has 0 saturated heterocycles. The lowest BCUT2D eigenvalue weighted by molar-refractivity contribution is 0.173. The Balaban J connectivity index is 2.30. The number of aliphatic hydroxyl groups is 1. The van der Waals surface area contributed by atoms with Crippen LogP contribution >= 0.6 is 0 Å². The smallest absolute Gasteiger partial charge is 0.124 e. The van der Waals surface area contributed by atoms with Crippen molar-refractivity contribution in [1.29, 1.82) is 0 Å². The Labute approximate surface area is 126 Å². The first-order chi connectivity index (χ1) is 10.0. The van der Waals surface area contributed by atoms with Gasteiger partial charge in [-0.25, -0.2) is 0 Å². The second kappa shape index (κ2) is 6.64. The van der Waals surface area contributed by atoms with Crippen LogP contribution in [0.2, 0.25) is 0 Å². The highest BCUT2D eigenvalue weighted by Crippen LogP contribution is 2.31. The minimum absolute atomic E-state index is 0.490. The third-order valence-electron chi connectivity index (χ3n) is 3.60. The molecule has 1 unspecified atom stereocenters. The second-order valence-corrected chi connectivity index (χ2v) is 5.28. The van der Waals surface area contributed by atoms with Gasteiger partial charge in [0.05, 0.1) is 20.3 Å². The Bertz CT molecular complexity index is 620. The van der Waals surface area contributed by atoms with Gasteiger partial charge in [0.15, 0.2) is 0 Å². The molecule has 1 atom stereocenters. The number of methoxy groups -OCH3 is 2. The van der Waals surface area contributed by atoms with Crippen molar-refractivity contribution in [3.63, 3.8) is 0 Å². The number of hydrogen-bond donors (Lipinski definition) is 1. The summed E-state index contributed by atoms with van der Waals surface area (Å²) >= 11 is 0. The summed E-state index contributed by atoms with van der Waals surface area (Å²) in [5, 5.41) is 10.6. The van der Waals surface area contributed by atoms with Crippen LogP contribution in [0.15, 0.2) is 36.4 Å². The minimum Gasteiger partial charge on any atom is -0.496 e. The van der Waals surface area contributed by atoms with E-state index >= 15 is 0 Å². The first-order valence-corrected chi connectivity index (χ1v) is 7.01. The molecule has 0 aromatic heterocycles. The molecule has 0 aliphatic carbocycles. The average molecular weight is 286 g/mol. The molecule has 0 saturated carbocycles. The van der Waals surface area contributed by atoms with Gasteiger partial charge in [-0.2, -0.15) is 0 Å². The lowest BCUT2D eigenvalue weighted by Crippen LogP contribution is -2.06. The highest BCUT2D eigenvalue weighted by molar-refractivity contribution is 5.42. The minimum atomic E-state index is -0.628. The molecule has 3 heteroatoms. The maximum absolute atomic E-state index is 10.6. The molecule has 0 heterocycles. The molecule has 3 nitrogen and oxygen atoms in total. The third kappa shape index (κ3) is 3.56. The van der Waals surface area contributed by atoms with Crippen molar-refractivity contribution in [1.82, 2.24) is 0 Å². The summed E-state index contributed by atoms with van der Waals surface area (Å²) in [5.74, 6) is 1.51. The number of benzene rings is 2. The zero-order valence-corrected chi connectivity index (χ0v) is 13.0. The van der Waals surface area contributed by atoms with E-state index in [9.17, 15) is 5.11 Å². The SMILES string of the molecule is COc1ccc(C)cc1CC(O)c1ccc(C)cc1OC. The van der Waals surface area contributed by atoms with Crippen LogP contribution in [-0.2, 0) is 6.42 Å². The predicted octanol–water partition coefficient (Wildman–Crippen LogP) is 3.60. The van der Waals surface area contributed by atoms with Crippen LogP contribution in [0.25, 0.3) is 0 Å². The van der Waals surface area contributed by atoms with Gasteiger partial charge in [0, 0.05) is 12.0 Å². The van der Waals surface area contributed by atoms with Crippen LogP contribution in [0.3, 0.4) is 0 Å². The van der Waals surface area contributed by atoms with Crippen molar-refractivity contribution >= 4 is 0 Å². The van der Waals surface area contributed by atoms with E-state index in [4.69, 9.17) is 9.47 Å². The summed E-state index contributed by atoms with van der Waals surface area (Å²) in [5.41, 5.74) is 4.05. The Morgan fingerprint density at radius 2 is 1.52 bits per heavy atom. The lowest BCUT2D eigenvalue weighted by atomic mass is 9.98. The maximum Gasteiger partial charge on any atom is 0.124 e. The molecule has 112 valence electrons. The lowest BCUT2D eigenvalue weighted by Gasteiger charge is -2.17. The summed E-state index contributed by atoms with van der Waals surface area (Å²) in [7, 11) is 3.27. The molecule has 21 heavy (non-hydrogen) atoms. The van der Waals surface area contributed by atoms with Gasteiger partial charge in [-0.05, 0) is 37.1 Å². The predicted molar refractivity (Wildman–Crippen MR) is 84.1 cm³/mol. The van der Waals surface area contributed by atoms with E-state index in [1.165, 1.54) is 0 Å². The second-order valence-electron chi connectivity index (χ2n) is 5.28. The molecule has 0 bridgehead atoms. The van der Waals surface area contributed by atoms with E-state index < -0.39 is 6.10 Å². The zero-order valence-electron chi connectivity index (χ0n) is 13.0. The third-order valence-corrected chi connectivity index (χ3v) is 3.60. The Morgan fingerprint density at radius 3 is 2.19 bits per heavy atom. The van der Waals surface area contributed by atoms with Crippen LogP contribution in [-0.4, -0.2) is 19.3 Å². The molecule has 1 N–H and O–H groups in total. The highest BCUT2D eigenvalue weighted by atomic mass is 16.5. The van der Waals surface area contributed by atoms with Crippen molar-refractivity contribution in [3.05, 3.63) is 58.7 Å². The molecule has 0 aliphatic heterocycles. The molecule has 2 rings (SSSR count). The van der Waals surface area contributed by atoms with Gasteiger partial charge < -0.3 is 14.6 Å². The van der Waals surface area contributed by atoms with Gasteiger partial charge in [0.25, 0.3) is 0 Å². The molecular weight excluding hydrogens is 264 g/mol. The van der Waals surface area contributed by atoms with Gasteiger partial charge in [-0.3, -0.25) is 0 Å². The Hall–Kier alpha value is -2.00. The van der Waals surface area contributed by atoms with Crippen LogP contribution in [0.5, 0.6) is 11.5 Å². The summed E-state index contributed by atoms with van der Waals surface area (Å²) in [6.45, 7) is 4.03. The fourth-order valence-corrected chi connectivity index (χ4v) is 2.48. The van der Waals surface area contributed by atoms with Crippen molar-refractivity contribution in [2.75, 3.05) is 14.2 Å². The molecule has 0 spiro atoms. The topological polar surface area (TPSA) is 38.7 Å². The van der Waals surface area contributed by atoms with Gasteiger partial charge in [-0.15, -0.1) is 0 Å². The number of aryl methyl sites for hydroxylation is 2. The number of hydrogen-bond acceptors (Lipinski definition) is 3. The monoisotopic (exact) mass is 286 g/mol. The van der Waals surface area contributed by atoms with E-state index in [0.717, 1.165) is 28.0 Å². The van der Waals surface area contributed by atoms with Crippen molar-refractivity contribution in [3.8, 4) is 11.5 Å². The van der Waals surface area contributed by atoms with Crippen LogP contribution in [0.4, 0.5) is 0 Å². The number of aliphatic hydroxyl groups excluding tert-OH is 1. The fraction of sp³-hybridized carbons (Fsp3) is 0.333. The molecule has 0 aliphatic rings. The summed E-state index contributed by atoms with van der Waals surface area (Å²) in [4.78, 5) is 0. The molecule has 0 amide bonds. The van der Waals surface area contributed by atoms with Crippen molar-refractivity contribution in [2.45, 2.75) is 26.4 Å². The molecule has 2 aromatic carbocycles. The van der Waals surface area contributed by atoms with E-state index in [0.29, 0.717) is 12.2 Å². The Kier molecular flexibility index (Phi) is 4.86. The van der Waals surface area contributed by atoms with Crippen molar-refractivity contribution < 1.29 is 14.6 Å². The highest BCUT2D eigenvalue weighted by Gasteiger charge is 2.16. The first kappa shape index (κ1) is 15.4. The first-order valence-electron chi connectivity index (χ1n) is 7.01.